The predicted molar refractivity (Wildman–Crippen MR) is 109 cm³/mol. The van der Waals surface area contributed by atoms with Gasteiger partial charge in [-0.05, 0) is 25.0 Å². The lowest BCUT2D eigenvalue weighted by atomic mass is 10.0. The summed E-state index contributed by atoms with van der Waals surface area (Å²) in [6, 6.07) is 19.9. The highest BCUT2D eigenvalue weighted by molar-refractivity contribution is 5.92. The van der Waals surface area contributed by atoms with Gasteiger partial charge in [-0.25, -0.2) is 4.68 Å². The Labute approximate surface area is 160 Å². The van der Waals surface area contributed by atoms with Crippen LogP contribution >= 0.6 is 0 Å². The smallest absolute Gasteiger partial charge is 0.229 e. The fourth-order valence-corrected chi connectivity index (χ4v) is 2.87. The first-order chi connectivity index (χ1) is 13.0. The molecule has 5 heteroatoms. The third-order valence-corrected chi connectivity index (χ3v) is 4.83. The van der Waals surface area contributed by atoms with Crippen molar-refractivity contribution in [2.24, 2.45) is 11.7 Å². The molecule has 0 aliphatic heterocycles. The number of benzene rings is 2. The maximum atomic E-state index is 12.5. The van der Waals surface area contributed by atoms with Crippen molar-refractivity contribution in [3.05, 3.63) is 71.8 Å². The van der Waals surface area contributed by atoms with Gasteiger partial charge in [-0.3, -0.25) is 4.79 Å². The number of nitrogens with two attached hydrogens (primary N) is 1. The van der Waals surface area contributed by atoms with Crippen LogP contribution in [0, 0.1) is 12.8 Å². The molecule has 140 valence electrons. The minimum absolute atomic E-state index is 0.101. The fourth-order valence-electron chi connectivity index (χ4n) is 2.87. The summed E-state index contributed by atoms with van der Waals surface area (Å²) in [5, 5.41) is 7.77. The SMILES string of the molecule is Cc1ccccc1-c1cc(NC(=O)C(C)C(C)N)n(Cc2ccccc2)n1. The van der Waals surface area contributed by atoms with E-state index in [1.165, 1.54) is 0 Å². The number of nitrogens with zero attached hydrogens (tertiary/aromatic N) is 2. The normalized spacial score (nSPS) is 13.2. The second-order valence-corrected chi connectivity index (χ2v) is 7.01. The van der Waals surface area contributed by atoms with E-state index in [0.29, 0.717) is 12.4 Å². The van der Waals surface area contributed by atoms with E-state index in [2.05, 4.69) is 18.3 Å². The van der Waals surface area contributed by atoms with Crippen LogP contribution in [0.4, 0.5) is 5.82 Å². The summed E-state index contributed by atoms with van der Waals surface area (Å²) in [5.74, 6) is 0.289. The van der Waals surface area contributed by atoms with Gasteiger partial charge in [-0.1, -0.05) is 61.5 Å². The molecule has 2 atom stereocenters. The molecule has 0 radical (unpaired) electrons. The van der Waals surface area contributed by atoms with Gasteiger partial charge in [0.25, 0.3) is 0 Å². The van der Waals surface area contributed by atoms with E-state index in [-0.39, 0.29) is 17.9 Å². The molecule has 2 unspecified atom stereocenters. The average Bonchev–Trinajstić information content (AvgIpc) is 3.04. The molecule has 0 spiro atoms. The molecule has 0 aliphatic carbocycles. The molecule has 1 heterocycles. The zero-order chi connectivity index (χ0) is 19.4. The average molecular weight is 362 g/mol. The van der Waals surface area contributed by atoms with E-state index in [4.69, 9.17) is 10.8 Å². The number of rotatable bonds is 6. The summed E-state index contributed by atoms with van der Waals surface area (Å²) < 4.78 is 1.84. The van der Waals surface area contributed by atoms with Gasteiger partial charge in [-0.2, -0.15) is 5.10 Å². The van der Waals surface area contributed by atoms with Crippen molar-refractivity contribution >= 4 is 11.7 Å². The van der Waals surface area contributed by atoms with Gasteiger partial charge in [0, 0.05) is 17.7 Å². The highest BCUT2D eigenvalue weighted by Crippen LogP contribution is 2.26. The number of hydrogen-bond acceptors (Lipinski definition) is 3. The molecular formula is C22H26N4O. The second-order valence-electron chi connectivity index (χ2n) is 7.01. The first-order valence-electron chi connectivity index (χ1n) is 9.20. The Balaban J connectivity index is 1.96. The largest absolute Gasteiger partial charge is 0.327 e. The maximum absolute atomic E-state index is 12.5. The van der Waals surface area contributed by atoms with Crippen LogP contribution in [0.15, 0.2) is 60.7 Å². The molecule has 0 fully saturated rings. The Bertz CT molecular complexity index is 915. The van der Waals surface area contributed by atoms with E-state index in [9.17, 15) is 4.79 Å². The van der Waals surface area contributed by atoms with Gasteiger partial charge in [-0.15, -0.1) is 0 Å². The first-order valence-corrected chi connectivity index (χ1v) is 9.20. The van der Waals surface area contributed by atoms with E-state index >= 15 is 0 Å². The van der Waals surface area contributed by atoms with Gasteiger partial charge in [0.15, 0.2) is 0 Å². The van der Waals surface area contributed by atoms with Crippen molar-refractivity contribution in [2.45, 2.75) is 33.4 Å². The predicted octanol–water partition coefficient (Wildman–Crippen LogP) is 3.83. The number of anilines is 1. The van der Waals surface area contributed by atoms with Gasteiger partial charge in [0.05, 0.1) is 18.2 Å². The molecule has 0 saturated heterocycles. The Morgan fingerprint density at radius 3 is 2.44 bits per heavy atom. The van der Waals surface area contributed by atoms with Crippen molar-refractivity contribution < 1.29 is 4.79 Å². The van der Waals surface area contributed by atoms with E-state index in [0.717, 1.165) is 22.4 Å². The minimum atomic E-state index is -0.285. The lowest BCUT2D eigenvalue weighted by Gasteiger charge is -2.16. The van der Waals surface area contributed by atoms with Crippen molar-refractivity contribution in [1.82, 2.24) is 9.78 Å². The van der Waals surface area contributed by atoms with Crippen molar-refractivity contribution in [1.29, 1.82) is 0 Å². The third kappa shape index (κ3) is 4.44. The highest BCUT2D eigenvalue weighted by atomic mass is 16.2. The van der Waals surface area contributed by atoms with Crippen molar-refractivity contribution in [2.75, 3.05) is 5.32 Å². The third-order valence-electron chi connectivity index (χ3n) is 4.83. The maximum Gasteiger partial charge on any atom is 0.229 e. The molecule has 0 aliphatic rings. The zero-order valence-corrected chi connectivity index (χ0v) is 16.0. The van der Waals surface area contributed by atoms with Gasteiger partial charge in [0.2, 0.25) is 5.91 Å². The number of aryl methyl sites for hydroxylation is 1. The van der Waals surface area contributed by atoms with Gasteiger partial charge in [0.1, 0.15) is 5.82 Å². The van der Waals surface area contributed by atoms with Crippen LogP contribution in [0.1, 0.15) is 25.0 Å². The standard InChI is InChI=1S/C22H26N4O/c1-15-9-7-8-12-19(15)20-13-21(24-22(27)16(2)17(3)23)26(25-20)14-18-10-5-4-6-11-18/h4-13,16-17H,14,23H2,1-3H3,(H,24,27). The lowest BCUT2D eigenvalue weighted by molar-refractivity contribution is -0.119. The van der Waals surface area contributed by atoms with E-state index in [1.807, 2.05) is 73.1 Å². The minimum Gasteiger partial charge on any atom is -0.327 e. The topological polar surface area (TPSA) is 72.9 Å². The Kier molecular flexibility index (Phi) is 5.72. The summed E-state index contributed by atoms with van der Waals surface area (Å²) in [4.78, 5) is 12.5. The molecule has 5 nitrogen and oxygen atoms in total. The molecule has 1 aromatic heterocycles. The van der Waals surface area contributed by atoms with Crippen molar-refractivity contribution in [3.8, 4) is 11.3 Å². The van der Waals surface area contributed by atoms with E-state index < -0.39 is 0 Å². The number of carbonyl (C=O) groups excluding carboxylic acids is 1. The van der Waals surface area contributed by atoms with Gasteiger partial charge >= 0.3 is 0 Å². The summed E-state index contributed by atoms with van der Waals surface area (Å²) in [6.45, 7) is 6.31. The molecule has 27 heavy (non-hydrogen) atoms. The van der Waals surface area contributed by atoms with Crippen LogP contribution < -0.4 is 11.1 Å². The number of nitrogens with one attached hydrogen (secondary N) is 1. The monoisotopic (exact) mass is 362 g/mol. The van der Waals surface area contributed by atoms with Crippen LogP contribution in [0.5, 0.6) is 0 Å². The second kappa shape index (κ2) is 8.18. The number of aromatic nitrogens is 2. The summed E-state index contributed by atoms with van der Waals surface area (Å²) in [7, 11) is 0. The Morgan fingerprint density at radius 1 is 1.11 bits per heavy atom. The summed E-state index contributed by atoms with van der Waals surface area (Å²) in [6.07, 6.45) is 0. The van der Waals surface area contributed by atoms with Crippen LogP contribution in [0.3, 0.4) is 0 Å². The Morgan fingerprint density at radius 2 is 1.78 bits per heavy atom. The highest BCUT2D eigenvalue weighted by Gasteiger charge is 2.20. The molecule has 3 rings (SSSR count). The quantitative estimate of drug-likeness (QED) is 0.700. The van der Waals surface area contributed by atoms with Gasteiger partial charge < -0.3 is 11.1 Å². The fraction of sp³-hybridized carbons (Fsp3) is 0.273. The molecule has 3 N–H and O–H groups in total. The van der Waals surface area contributed by atoms with Crippen LogP contribution in [-0.4, -0.2) is 21.7 Å². The number of hydrogen-bond donors (Lipinski definition) is 2. The Hall–Kier alpha value is -2.92. The van der Waals surface area contributed by atoms with Crippen LogP contribution in [0.25, 0.3) is 11.3 Å². The molecule has 3 aromatic rings. The lowest BCUT2D eigenvalue weighted by Crippen LogP contribution is -2.34. The first kappa shape index (κ1) is 18.9. The number of amides is 1. The molecular weight excluding hydrogens is 336 g/mol. The van der Waals surface area contributed by atoms with E-state index in [1.54, 1.807) is 0 Å². The number of carbonyl (C=O) groups is 1. The van der Waals surface area contributed by atoms with Crippen molar-refractivity contribution in [3.63, 3.8) is 0 Å². The van der Waals surface area contributed by atoms with Crippen LogP contribution in [-0.2, 0) is 11.3 Å². The van der Waals surface area contributed by atoms with Crippen LogP contribution in [0.2, 0.25) is 0 Å². The molecule has 2 aromatic carbocycles. The molecule has 0 saturated carbocycles. The molecule has 1 amide bonds. The molecule has 0 bridgehead atoms. The zero-order valence-electron chi connectivity index (χ0n) is 16.0. The summed E-state index contributed by atoms with van der Waals surface area (Å²) >= 11 is 0. The summed E-state index contributed by atoms with van der Waals surface area (Å²) in [5.41, 5.74) is 10.0.